The molecular formula is C24H32N2O2. The van der Waals surface area contributed by atoms with Gasteiger partial charge < -0.3 is 4.74 Å². The van der Waals surface area contributed by atoms with E-state index in [1.165, 1.54) is 24.8 Å². The van der Waals surface area contributed by atoms with E-state index >= 15 is 0 Å². The van der Waals surface area contributed by atoms with Gasteiger partial charge in [-0.15, -0.1) is 0 Å². The van der Waals surface area contributed by atoms with Gasteiger partial charge >= 0.3 is 0 Å². The Labute approximate surface area is 169 Å². The molecule has 0 aliphatic heterocycles. The Morgan fingerprint density at radius 1 is 1.00 bits per heavy atom. The van der Waals surface area contributed by atoms with E-state index in [0.717, 1.165) is 24.3 Å². The van der Waals surface area contributed by atoms with Crippen molar-refractivity contribution in [2.75, 3.05) is 6.61 Å². The van der Waals surface area contributed by atoms with Crippen LogP contribution in [0.25, 0.3) is 0 Å². The third-order valence-electron chi connectivity index (χ3n) is 4.54. The first-order chi connectivity index (χ1) is 13.4. The largest absolute Gasteiger partial charge is 0.494 e. The minimum atomic E-state index is -0.219. The molecule has 1 N–H and O–H groups in total. The molecule has 4 nitrogen and oxygen atoms in total. The topological polar surface area (TPSA) is 50.7 Å². The van der Waals surface area contributed by atoms with Crippen molar-refractivity contribution in [1.82, 2.24) is 5.43 Å². The van der Waals surface area contributed by atoms with E-state index in [-0.39, 0.29) is 11.3 Å². The highest BCUT2D eigenvalue weighted by molar-refractivity contribution is 5.94. The zero-order valence-corrected chi connectivity index (χ0v) is 17.5. The van der Waals surface area contributed by atoms with Crippen LogP contribution < -0.4 is 10.2 Å². The molecule has 0 aliphatic carbocycles. The fraction of sp³-hybridized carbons (Fsp3) is 0.417. The molecule has 0 radical (unpaired) electrons. The van der Waals surface area contributed by atoms with Gasteiger partial charge in [0.05, 0.1) is 12.8 Å². The molecule has 0 saturated heterocycles. The number of hydrogen-bond donors (Lipinski definition) is 1. The second-order valence-corrected chi connectivity index (χ2v) is 8.00. The van der Waals surface area contributed by atoms with Crippen molar-refractivity contribution in [3.05, 3.63) is 65.2 Å². The van der Waals surface area contributed by atoms with Crippen molar-refractivity contribution in [2.24, 2.45) is 5.10 Å². The van der Waals surface area contributed by atoms with Crippen molar-refractivity contribution in [1.29, 1.82) is 0 Å². The van der Waals surface area contributed by atoms with Crippen LogP contribution in [-0.4, -0.2) is 18.7 Å². The SMILES string of the molecule is CCCCCCOc1ccc(/C=N/NC(=O)c2ccc(C(C)(C)C)cc2)cc1. The molecule has 0 spiro atoms. The quantitative estimate of drug-likeness (QED) is 0.344. The van der Waals surface area contributed by atoms with Crippen LogP contribution in [0.5, 0.6) is 5.75 Å². The number of carbonyl (C=O) groups is 1. The predicted octanol–water partition coefficient (Wildman–Crippen LogP) is 5.71. The minimum absolute atomic E-state index is 0.0680. The Balaban J connectivity index is 1.81. The number of ether oxygens (including phenoxy) is 1. The Morgan fingerprint density at radius 3 is 2.29 bits per heavy atom. The van der Waals surface area contributed by atoms with Crippen LogP contribution in [0.4, 0.5) is 0 Å². The van der Waals surface area contributed by atoms with E-state index in [4.69, 9.17) is 4.74 Å². The molecule has 0 aromatic heterocycles. The lowest BCUT2D eigenvalue weighted by atomic mass is 9.87. The number of nitrogens with one attached hydrogen (secondary N) is 1. The van der Waals surface area contributed by atoms with Gasteiger partial charge in [0.25, 0.3) is 5.91 Å². The normalized spacial score (nSPS) is 11.6. The second kappa shape index (κ2) is 10.6. The number of hydrogen-bond acceptors (Lipinski definition) is 3. The van der Waals surface area contributed by atoms with Gasteiger partial charge in [-0.1, -0.05) is 59.1 Å². The molecule has 2 aromatic rings. The third kappa shape index (κ3) is 7.18. The summed E-state index contributed by atoms with van der Waals surface area (Å²) in [5, 5.41) is 4.05. The summed E-state index contributed by atoms with van der Waals surface area (Å²) in [5.74, 6) is 0.639. The summed E-state index contributed by atoms with van der Waals surface area (Å²) in [6, 6.07) is 15.3. The molecule has 150 valence electrons. The average Bonchev–Trinajstić information content (AvgIpc) is 2.68. The van der Waals surface area contributed by atoms with E-state index in [9.17, 15) is 4.79 Å². The molecule has 28 heavy (non-hydrogen) atoms. The number of benzene rings is 2. The monoisotopic (exact) mass is 380 g/mol. The van der Waals surface area contributed by atoms with Crippen LogP contribution >= 0.6 is 0 Å². The van der Waals surface area contributed by atoms with Crippen LogP contribution in [0.3, 0.4) is 0 Å². The van der Waals surface area contributed by atoms with E-state index in [1.54, 1.807) is 6.21 Å². The standard InChI is InChI=1S/C24H32N2O2/c1-5-6-7-8-17-28-22-15-9-19(10-16-22)18-25-26-23(27)20-11-13-21(14-12-20)24(2,3)4/h9-16,18H,5-8,17H2,1-4H3,(H,26,27)/b25-18+. The molecule has 2 aromatic carbocycles. The number of nitrogens with zero attached hydrogens (tertiary/aromatic N) is 1. The predicted molar refractivity (Wildman–Crippen MR) is 116 cm³/mol. The lowest BCUT2D eigenvalue weighted by molar-refractivity contribution is 0.0955. The molecule has 1 amide bonds. The van der Waals surface area contributed by atoms with Crippen molar-refractivity contribution in [2.45, 2.75) is 58.8 Å². The lowest BCUT2D eigenvalue weighted by Crippen LogP contribution is -2.18. The van der Waals surface area contributed by atoms with E-state index < -0.39 is 0 Å². The number of amides is 1. The summed E-state index contributed by atoms with van der Waals surface area (Å²) in [4.78, 5) is 12.2. The fourth-order valence-corrected chi connectivity index (χ4v) is 2.72. The first kappa shape index (κ1) is 21.7. The van der Waals surface area contributed by atoms with Gasteiger partial charge in [0, 0.05) is 5.56 Å². The van der Waals surface area contributed by atoms with Crippen LogP contribution in [0.2, 0.25) is 0 Å². The third-order valence-corrected chi connectivity index (χ3v) is 4.54. The summed E-state index contributed by atoms with van der Waals surface area (Å²) in [5.41, 5.74) is 5.33. The molecule has 2 rings (SSSR count). The molecular weight excluding hydrogens is 348 g/mol. The zero-order chi connectivity index (χ0) is 20.4. The molecule has 0 saturated carbocycles. The second-order valence-electron chi connectivity index (χ2n) is 8.00. The Bertz CT molecular complexity index is 757. The first-order valence-electron chi connectivity index (χ1n) is 10.1. The Kier molecular flexibility index (Phi) is 8.24. The number of hydrazone groups is 1. The van der Waals surface area contributed by atoms with E-state index in [2.05, 4.69) is 38.2 Å². The van der Waals surface area contributed by atoms with Crippen LogP contribution in [0.15, 0.2) is 53.6 Å². The van der Waals surface area contributed by atoms with Crippen LogP contribution in [-0.2, 0) is 5.41 Å². The van der Waals surface area contributed by atoms with Gasteiger partial charge in [0.15, 0.2) is 0 Å². The highest BCUT2D eigenvalue weighted by atomic mass is 16.5. The molecule has 0 aliphatic rings. The maximum Gasteiger partial charge on any atom is 0.271 e. The summed E-state index contributed by atoms with van der Waals surface area (Å²) in [6.45, 7) is 9.39. The van der Waals surface area contributed by atoms with Gasteiger partial charge in [-0.2, -0.15) is 5.10 Å². The lowest BCUT2D eigenvalue weighted by Gasteiger charge is -2.18. The first-order valence-corrected chi connectivity index (χ1v) is 10.1. The summed E-state index contributed by atoms with van der Waals surface area (Å²) < 4.78 is 5.73. The summed E-state index contributed by atoms with van der Waals surface area (Å²) in [7, 11) is 0. The van der Waals surface area contributed by atoms with E-state index in [1.807, 2.05) is 48.5 Å². The number of rotatable bonds is 9. The summed E-state index contributed by atoms with van der Waals surface area (Å²) in [6.07, 6.45) is 6.41. The number of unbranched alkanes of at least 4 members (excludes halogenated alkanes) is 3. The molecule has 0 fully saturated rings. The van der Waals surface area contributed by atoms with Gasteiger partial charge in [-0.25, -0.2) is 5.43 Å². The van der Waals surface area contributed by atoms with Crippen molar-refractivity contribution < 1.29 is 9.53 Å². The maximum absolute atomic E-state index is 12.2. The minimum Gasteiger partial charge on any atom is -0.494 e. The fourth-order valence-electron chi connectivity index (χ4n) is 2.72. The van der Waals surface area contributed by atoms with Crippen molar-refractivity contribution >= 4 is 12.1 Å². The molecule has 4 heteroatoms. The van der Waals surface area contributed by atoms with Crippen molar-refractivity contribution in [3.63, 3.8) is 0 Å². The van der Waals surface area contributed by atoms with Gasteiger partial charge in [-0.05, 0) is 59.4 Å². The highest BCUT2D eigenvalue weighted by Gasteiger charge is 2.14. The maximum atomic E-state index is 12.2. The van der Waals surface area contributed by atoms with Gasteiger partial charge in [-0.3, -0.25) is 4.79 Å². The molecule has 0 heterocycles. The average molecular weight is 381 g/mol. The highest BCUT2D eigenvalue weighted by Crippen LogP contribution is 2.22. The van der Waals surface area contributed by atoms with Gasteiger partial charge in [0.2, 0.25) is 0 Å². The Morgan fingerprint density at radius 2 is 1.68 bits per heavy atom. The molecule has 0 bridgehead atoms. The van der Waals surface area contributed by atoms with Crippen LogP contribution in [0.1, 0.15) is 74.9 Å². The zero-order valence-electron chi connectivity index (χ0n) is 17.5. The smallest absolute Gasteiger partial charge is 0.271 e. The Hall–Kier alpha value is -2.62. The molecule has 0 atom stereocenters. The molecule has 0 unspecified atom stereocenters. The van der Waals surface area contributed by atoms with Crippen molar-refractivity contribution in [3.8, 4) is 5.75 Å². The van der Waals surface area contributed by atoms with Crippen LogP contribution in [0, 0.1) is 0 Å². The van der Waals surface area contributed by atoms with Gasteiger partial charge in [0.1, 0.15) is 5.75 Å². The van der Waals surface area contributed by atoms with E-state index in [0.29, 0.717) is 5.56 Å². The summed E-state index contributed by atoms with van der Waals surface area (Å²) >= 11 is 0. The number of carbonyl (C=O) groups excluding carboxylic acids is 1.